The van der Waals surface area contributed by atoms with Gasteiger partial charge in [0.05, 0.1) is 29.1 Å². The highest BCUT2D eigenvalue weighted by Gasteiger charge is 2.12. The molecule has 2 heterocycles. The SMILES string of the molecule is CCn1cc(C(=O)Nc2nc3ccc(OC)cc3s2)cn1. The van der Waals surface area contributed by atoms with Gasteiger partial charge in [-0.1, -0.05) is 11.3 Å². The molecule has 0 fully saturated rings. The van der Waals surface area contributed by atoms with Crippen molar-refractivity contribution in [2.75, 3.05) is 12.4 Å². The number of anilines is 1. The third kappa shape index (κ3) is 2.73. The van der Waals surface area contributed by atoms with E-state index in [4.69, 9.17) is 4.74 Å². The quantitative estimate of drug-likeness (QED) is 0.804. The van der Waals surface area contributed by atoms with Gasteiger partial charge in [-0.15, -0.1) is 0 Å². The molecule has 0 radical (unpaired) electrons. The molecule has 0 bridgehead atoms. The number of carbonyl (C=O) groups excluding carboxylic acids is 1. The molecule has 6 nitrogen and oxygen atoms in total. The molecule has 0 aliphatic rings. The van der Waals surface area contributed by atoms with Crippen LogP contribution in [0.25, 0.3) is 10.2 Å². The molecule has 1 N–H and O–H groups in total. The fourth-order valence-corrected chi connectivity index (χ4v) is 2.80. The van der Waals surface area contributed by atoms with Crippen molar-refractivity contribution in [3.63, 3.8) is 0 Å². The summed E-state index contributed by atoms with van der Waals surface area (Å²) in [4.78, 5) is 16.5. The number of methoxy groups -OCH3 is 1. The third-order valence-corrected chi connectivity index (χ3v) is 3.97. The van der Waals surface area contributed by atoms with Gasteiger partial charge >= 0.3 is 0 Å². The molecule has 0 spiro atoms. The zero-order chi connectivity index (χ0) is 14.8. The Labute approximate surface area is 125 Å². The normalized spacial score (nSPS) is 10.8. The van der Waals surface area contributed by atoms with Gasteiger partial charge in [-0.2, -0.15) is 5.10 Å². The van der Waals surface area contributed by atoms with Gasteiger partial charge in [0.15, 0.2) is 5.13 Å². The van der Waals surface area contributed by atoms with Crippen molar-refractivity contribution in [2.24, 2.45) is 0 Å². The molecule has 21 heavy (non-hydrogen) atoms. The highest BCUT2D eigenvalue weighted by Crippen LogP contribution is 2.29. The van der Waals surface area contributed by atoms with Gasteiger partial charge in [0.2, 0.25) is 0 Å². The van der Waals surface area contributed by atoms with Crippen LogP contribution in [0.4, 0.5) is 5.13 Å². The van der Waals surface area contributed by atoms with Crippen LogP contribution in [-0.2, 0) is 6.54 Å². The van der Waals surface area contributed by atoms with E-state index in [0.29, 0.717) is 10.7 Å². The summed E-state index contributed by atoms with van der Waals surface area (Å²) in [6, 6.07) is 5.62. The number of benzene rings is 1. The molecule has 0 unspecified atom stereocenters. The monoisotopic (exact) mass is 302 g/mol. The molecule has 2 aromatic heterocycles. The fraction of sp³-hybridized carbons (Fsp3) is 0.214. The first-order valence-electron chi connectivity index (χ1n) is 6.48. The van der Waals surface area contributed by atoms with Crippen molar-refractivity contribution in [3.05, 3.63) is 36.2 Å². The molecule has 3 rings (SSSR count). The predicted molar refractivity (Wildman–Crippen MR) is 82.0 cm³/mol. The first kappa shape index (κ1) is 13.6. The van der Waals surface area contributed by atoms with E-state index in [1.165, 1.54) is 11.3 Å². The first-order chi connectivity index (χ1) is 10.2. The first-order valence-corrected chi connectivity index (χ1v) is 7.29. The van der Waals surface area contributed by atoms with Crippen molar-refractivity contribution < 1.29 is 9.53 Å². The number of aromatic nitrogens is 3. The predicted octanol–water partition coefficient (Wildman–Crippen LogP) is 2.77. The summed E-state index contributed by atoms with van der Waals surface area (Å²) in [7, 11) is 1.62. The van der Waals surface area contributed by atoms with Crippen LogP contribution in [0.3, 0.4) is 0 Å². The van der Waals surface area contributed by atoms with Crippen molar-refractivity contribution >= 4 is 32.6 Å². The molecule has 108 valence electrons. The van der Waals surface area contributed by atoms with Gasteiger partial charge in [0.25, 0.3) is 5.91 Å². The largest absolute Gasteiger partial charge is 0.497 e. The number of aryl methyl sites for hydroxylation is 1. The number of carbonyl (C=O) groups is 1. The van der Waals surface area contributed by atoms with Gasteiger partial charge in [-0.05, 0) is 25.1 Å². The lowest BCUT2D eigenvalue weighted by Crippen LogP contribution is -2.10. The lowest BCUT2D eigenvalue weighted by molar-refractivity contribution is 0.102. The van der Waals surface area contributed by atoms with E-state index >= 15 is 0 Å². The van der Waals surface area contributed by atoms with Crippen LogP contribution in [-0.4, -0.2) is 27.8 Å². The van der Waals surface area contributed by atoms with Crippen molar-refractivity contribution in [1.82, 2.24) is 14.8 Å². The smallest absolute Gasteiger partial charge is 0.260 e. The van der Waals surface area contributed by atoms with Crippen LogP contribution in [0.2, 0.25) is 0 Å². The topological polar surface area (TPSA) is 69.0 Å². The number of ether oxygens (including phenoxy) is 1. The van der Waals surface area contributed by atoms with Gasteiger partial charge in [-0.25, -0.2) is 4.98 Å². The maximum absolute atomic E-state index is 12.1. The van der Waals surface area contributed by atoms with E-state index in [0.717, 1.165) is 22.5 Å². The molecule has 1 aromatic carbocycles. The third-order valence-electron chi connectivity index (χ3n) is 3.04. The molecule has 1 amide bonds. The van der Waals surface area contributed by atoms with Gasteiger partial charge in [0, 0.05) is 12.7 Å². The maximum Gasteiger partial charge on any atom is 0.260 e. The van der Waals surface area contributed by atoms with E-state index in [2.05, 4.69) is 15.4 Å². The summed E-state index contributed by atoms with van der Waals surface area (Å²) in [5.41, 5.74) is 1.36. The summed E-state index contributed by atoms with van der Waals surface area (Å²) in [6.45, 7) is 2.70. The summed E-state index contributed by atoms with van der Waals surface area (Å²) in [5, 5.41) is 7.44. The van der Waals surface area contributed by atoms with Crippen LogP contribution >= 0.6 is 11.3 Å². The van der Waals surface area contributed by atoms with E-state index in [1.54, 1.807) is 24.2 Å². The molecule has 0 aliphatic heterocycles. The molecule has 3 aromatic rings. The Morgan fingerprint density at radius 1 is 1.48 bits per heavy atom. The van der Waals surface area contributed by atoms with E-state index in [-0.39, 0.29) is 5.91 Å². The fourth-order valence-electron chi connectivity index (χ4n) is 1.91. The van der Waals surface area contributed by atoms with Crippen LogP contribution in [0.1, 0.15) is 17.3 Å². The summed E-state index contributed by atoms with van der Waals surface area (Å²) >= 11 is 1.41. The standard InChI is InChI=1S/C14H14N4O2S/c1-3-18-8-9(7-15-18)13(19)17-14-16-11-5-4-10(20-2)6-12(11)21-14/h4-8H,3H2,1-2H3,(H,16,17,19). The molecular formula is C14H14N4O2S. The molecule has 0 saturated carbocycles. The number of nitrogens with one attached hydrogen (secondary N) is 1. The Hall–Kier alpha value is -2.41. The summed E-state index contributed by atoms with van der Waals surface area (Å²) in [6.07, 6.45) is 3.26. The van der Waals surface area contributed by atoms with Crippen molar-refractivity contribution in [2.45, 2.75) is 13.5 Å². The van der Waals surface area contributed by atoms with Crippen LogP contribution in [0.15, 0.2) is 30.6 Å². The number of fused-ring (bicyclic) bond motifs is 1. The number of hydrogen-bond acceptors (Lipinski definition) is 5. The van der Waals surface area contributed by atoms with Gasteiger partial charge < -0.3 is 4.74 Å². The lowest BCUT2D eigenvalue weighted by atomic mass is 10.3. The van der Waals surface area contributed by atoms with Crippen LogP contribution < -0.4 is 10.1 Å². The minimum atomic E-state index is -0.208. The second kappa shape index (κ2) is 5.53. The number of rotatable bonds is 4. The number of hydrogen-bond donors (Lipinski definition) is 1. The zero-order valence-corrected chi connectivity index (χ0v) is 12.5. The lowest BCUT2D eigenvalue weighted by Gasteiger charge is -1.97. The average molecular weight is 302 g/mol. The molecule has 7 heteroatoms. The minimum Gasteiger partial charge on any atom is -0.497 e. The van der Waals surface area contributed by atoms with Gasteiger partial charge in [0.1, 0.15) is 5.75 Å². The van der Waals surface area contributed by atoms with Crippen molar-refractivity contribution in [3.8, 4) is 5.75 Å². The molecule has 0 atom stereocenters. The highest BCUT2D eigenvalue weighted by molar-refractivity contribution is 7.22. The second-order valence-corrected chi connectivity index (χ2v) is 5.42. The van der Waals surface area contributed by atoms with E-state index in [9.17, 15) is 4.79 Å². The summed E-state index contributed by atoms with van der Waals surface area (Å²) < 4.78 is 7.85. The molecule has 0 saturated heterocycles. The van der Waals surface area contributed by atoms with Gasteiger partial charge in [-0.3, -0.25) is 14.8 Å². The Morgan fingerprint density at radius 3 is 3.05 bits per heavy atom. The van der Waals surface area contributed by atoms with Crippen LogP contribution in [0, 0.1) is 0 Å². The van der Waals surface area contributed by atoms with E-state index < -0.39 is 0 Å². The molecule has 0 aliphatic carbocycles. The zero-order valence-electron chi connectivity index (χ0n) is 11.7. The van der Waals surface area contributed by atoms with Crippen molar-refractivity contribution in [1.29, 1.82) is 0 Å². The minimum absolute atomic E-state index is 0.208. The number of amides is 1. The molecular weight excluding hydrogens is 288 g/mol. The van der Waals surface area contributed by atoms with Crippen LogP contribution in [0.5, 0.6) is 5.75 Å². The summed E-state index contributed by atoms with van der Waals surface area (Å²) in [5.74, 6) is 0.564. The maximum atomic E-state index is 12.1. The average Bonchev–Trinajstić information content (AvgIpc) is 3.12. The number of nitrogens with zero attached hydrogens (tertiary/aromatic N) is 3. The number of thiazole rings is 1. The Morgan fingerprint density at radius 2 is 2.33 bits per heavy atom. The Kier molecular flexibility index (Phi) is 3.57. The Balaban J connectivity index is 1.82. The highest BCUT2D eigenvalue weighted by atomic mass is 32.1. The second-order valence-electron chi connectivity index (χ2n) is 4.39. The Bertz CT molecular complexity index is 793. The van der Waals surface area contributed by atoms with E-state index in [1.807, 2.05) is 25.1 Å².